The molecule has 2 N–H and O–H groups in total. The van der Waals surface area contributed by atoms with E-state index in [-0.39, 0.29) is 18.6 Å². The van der Waals surface area contributed by atoms with Crippen molar-refractivity contribution in [2.45, 2.75) is 19.8 Å². The summed E-state index contributed by atoms with van der Waals surface area (Å²) in [6, 6.07) is 7.78. The molecule has 21 heavy (non-hydrogen) atoms. The van der Waals surface area contributed by atoms with Gasteiger partial charge in [0.2, 0.25) is 0 Å². The maximum absolute atomic E-state index is 12.3. The number of nitrogens with zero attached hydrogens (tertiary/aromatic N) is 2. The predicted octanol–water partition coefficient (Wildman–Crippen LogP) is 2.38. The monoisotopic (exact) mass is 291 g/mol. The van der Waals surface area contributed by atoms with Crippen LogP contribution in [0.25, 0.3) is 0 Å². The standard InChI is InChI=1S/C16H25N3O2/c1-3-18(2)15-8-4-7-14(10-15)17-16(21)19-9-5-6-13(11-19)12-20/h4,7-8,10,13,20H,3,5-6,9,11-12H2,1-2H3,(H,17,21). The summed E-state index contributed by atoms with van der Waals surface area (Å²) in [6.07, 6.45) is 1.95. The molecule has 1 saturated heterocycles. The summed E-state index contributed by atoms with van der Waals surface area (Å²) in [5, 5.41) is 12.2. The van der Waals surface area contributed by atoms with Gasteiger partial charge in [0.25, 0.3) is 0 Å². The van der Waals surface area contributed by atoms with Gasteiger partial charge >= 0.3 is 6.03 Å². The fourth-order valence-electron chi connectivity index (χ4n) is 2.60. The third-order valence-corrected chi connectivity index (χ3v) is 4.08. The molecule has 2 rings (SSSR count). The second-order valence-electron chi connectivity index (χ2n) is 5.63. The minimum absolute atomic E-state index is 0.0792. The highest BCUT2D eigenvalue weighted by atomic mass is 16.3. The van der Waals surface area contributed by atoms with E-state index in [0.29, 0.717) is 6.54 Å². The van der Waals surface area contributed by atoms with E-state index < -0.39 is 0 Å². The molecule has 1 aromatic carbocycles. The normalized spacial score (nSPS) is 18.4. The molecule has 1 fully saturated rings. The van der Waals surface area contributed by atoms with Crippen LogP contribution in [0.5, 0.6) is 0 Å². The molecule has 0 spiro atoms. The van der Waals surface area contributed by atoms with Gasteiger partial charge in [-0.05, 0) is 43.9 Å². The Labute approximate surface area is 126 Å². The van der Waals surface area contributed by atoms with Crippen LogP contribution in [0.2, 0.25) is 0 Å². The van der Waals surface area contributed by atoms with Crippen molar-refractivity contribution in [2.24, 2.45) is 5.92 Å². The average molecular weight is 291 g/mol. The number of likely N-dealkylation sites (tertiary alicyclic amines) is 1. The van der Waals surface area contributed by atoms with Crippen LogP contribution in [0, 0.1) is 5.92 Å². The molecular formula is C16H25N3O2. The number of amides is 2. The summed E-state index contributed by atoms with van der Waals surface area (Å²) in [4.78, 5) is 16.2. The molecule has 1 aromatic rings. The smallest absolute Gasteiger partial charge is 0.321 e. The van der Waals surface area contributed by atoms with E-state index in [2.05, 4.69) is 17.1 Å². The molecule has 0 aromatic heterocycles. The zero-order chi connectivity index (χ0) is 15.2. The molecule has 1 aliphatic rings. The second kappa shape index (κ2) is 7.31. The van der Waals surface area contributed by atoms with Gasteiger partial charge < -0.3 is 20.2 Å². The number of hydrogen-bond acceptors (Lipinski definition) is 3. The Bertz CT molecular complexity index is 478. The van der Waals surface area contributed by atoms with E-state index in [9.17, 15) is 9.90 Å². The minimum Gasteiger partial charge on any atom is -0.396 e. The lowest BCUT2D eigenvalue weighted by molar-refractivity contribution is 0.136. The summed E-state index contributed by atoms with van der Waals surface area (Å²) < 4.78 is 0. The van der Waals surface area contributed by atoms with Crippen LogP contribution in [-0.2, 0) is 0 Å². The van der Waals surface area contributed by atoms with Gasteiger partial charge in [-0.3, -0.25) is 0 Å². The molecule has 116 valence electrons. The van der Waals surface area contributed by atoms with Crippen LogP contribution >= 0.6 is 0 Å². The number of aliphatic hydroxyl groups excluding tert-OH is 1. The van der Waals surface area contributed by atoms with Crippen molar-refractivity contribution in [1.82, 2.24) is 4.90 Å². The molecule has 0 radical (unpaired) electrons. The van der Waals surface area contributed by atoms with E-state index in [1.54, 1.807) is 4.90 Å². The molecular weight excluding hydrogens is 266 g/mol. The maximum atomic E-state index is 12.3. The highest BCUT2D eigenvalue weighted by Crippen LogP contribution is 2.20. The summed E-state index contributed by atoms with van der Waals surface area (Å²) >= 11 is 0. The highest BCUT2D eigenvalue weighted by Gasteiger charge is 2.23. The van der Waals surface area contributed by atoms with Gasteiger partial charge in [-0.25, -0.2) is 4.79 Å². The molecule has 5 nitrogen and oxygen atoms in total. The van der Waals surface area contributed by atoms with Gasteiger partial charge in [-0.2, -0.15) is 0 Å². The van der Waals surface area contributed by atoms with Crippen LogP contribution in [-0.4, -0.2) is 49.3 Å². The van der Waals surface area contributed by atoms with Crippen molar-refractivity contribution in [3.63, 3.8) is 0 Å². The number of hydrogen-bond donors (Lipinski definition) is 2. The fraction of sp³-hybridized carbons (Fsp3) is 0.562. The Morgan fingerprint density at radius 3 is 3.05 bits per heavy atom. The van der Waals surface area contributed by atoms with Gasteiger partial charge in [0.15, 0.2) is 0 Å². The Morgan fingerprint density at radius 2 is 2.33 bits per heavy atom. The Balaban J connectivity index is 1.99. The lowest BCUT2D eigenvalue weighted by atomic mass is 9.99. The Hall–Kier alpha value is -1.75. The molecule has 0 saturated carbocycles. The van der Waals surface area contributed by atoms with Crippen molar-refractivity contribution in [1.29, 1.82) is 0 Å². The van der Waals surface area contributed by atoms with Crippen molar-refractivity contribution in [3.05, 3.63) is 24.3 Å². The predicted molar refractivity (Wildman–Crippen MR) is 85.8 cm³/mol. The van der Waals surface area contributed by atoms with E-state index in [0.717, 1.165) is 37.3 Å². The Kier molecular flexibility index (Phi) is 5.44. The van der Waals surface area contributed by atoms with Crippen molar-refractivity contribution < 1.29 is 9.90 Å². The molecule has 1 atom stereocenters. The van der Waals surface area contributed by atoms with Crippen molar-refractivity contribution in [3.8, 4) is 0 Å². The third kappa shape index (κ3) is 4.11. The number of nitrogens with one attached hydrogen (secondary N) is 1. The summed E-state index contributed by atoms with van der Waals surface area (Å²) in [6.45, 7) is 4.56. The average Bonchev–Trinajstić information content (AvgIpc) is 2.54. The summed E-state index contributed by atoms with van der Waals surface area (Å²) in [5.74, 6) is 0.210. The van der Waals surface area contributed by atoms with Crippen LogP contribution in [0.15, 0.2) is 24.3 Å². The van der Waals surface area contributed by atoms with E-state index >= 15 is 0 Å². The lowest BCUT2D eigenvalue weighted by Crippen LogP contribution is -2.43. The number of piperidine rings is 1. The second-order valence-corrected chi connectivity index (χ2v) is 5.63. The molecule has 0 bridgehead atoms. The minimum atomic E-state index is -0.0792. The highest BCUT2D eigenvalue weighted by molar-refractivity contribution is 5.90. The van der Waals surface area contributed by atoms with Gasteiger partial charge in [-0.15, -0.1) is 0 Å². The maximum Gasteiger partial charge on any atom is 0.321 e. The molecule has 5 heteroatoms. The largest absolute Gasteiger partial charge is 0.396 e. The molecule has 1 heterocycles. The van der Waals surface area contributed by atoms with Crippen LogP contribution in [0.4, 0.5) is 16.2 Å². The molecule has 1 aliphatic heterocycles. The van der Waals surface area contributed by atoms with E-state index in [1.165, 1.54) is 0 Å². The number of rotatable bonds is 4. The number of benzene rings is 1. The zero-order valence-electron chi connectivity index (χ0n) is 12.9. The summed E-state index contributed by atoms with van der Waals surface area (Å²) in [5.41, 5.74) is 1.89. The van der Waals surface area contributed by atoms with Crippen LogP contribution in [0.1, 0.15) is 19.8 Å². The third-order valence-electron chi connectivity index (χ3n) is 4.08. The number of carbonyl (C=O) groups is 1. The first kappa shape index (κ1) is 15.6. The first-order chi connectivity index (χ1) is 10.1. The van der Waals surface area contributed by atoms with Crippen molar-refractivity contribution in [2.75, 3.05) is 43.5 Å². The quantitative estimate of drug-likeness (QED) is 0.895. The van der Waals surface area contributed by atoms with Gasteiger partial charge in [0.1, 0.15) is 0 Å². The molecule has 1 unspecified atom stereocenters. The van der Waals surface area contributed by atoms with Crippen LogP contribution in [0.3, 0.4) is 0 Å². The van der Waals surface area contributed by atoms with Gasteiger partial charge in [0, 0.05) is 44.7 Å². The number of anilines is 2. The first-order valence-corrected chi connectivity index (χ1v) is 7.62. The topological polar surface area (TPSA) is 55.8 Å². The molecule has 0 aliphatic carbocycles. The molecule has 2 amide bonds. The lowest BCUT2D eigenvalue weighted by Gasteiger charge is -2.31. The number of aliphatic hydroxyl groups is 1. The SMILES string of the molecule is CCN(C)c1cccc(NC(=O)N2CCCC(CO)C2)c1. The van der Waals surface area contributed by atoms with Crippen LogP contribution < -0.4 is 10.2 Å². The number of urea groups is 1. The Morgan fingerprint density at radius 1 is 1.52 bits per heavy atom. The van der Waals surface area contributed by atoms with E-state index in [4.69, 9.17) is 0 Å². The summed E-state index contributed by atoms with van der Waals surface area (Å²) in [7, 11) is 2.03. The van der Waals surface area contributed by atoms with E-state index in [1.807, 2.05) is 31.3 Å². The fourth-order valence-corrected chi connectivity index (χ4v) is 2.60. The van der Waals surface area contributed by atoms with Gasteiger partial charge in [0.05, 0.1) is 0 Å². The first-order valence-electron chi connectivity index (χ1n) is 7.62. The van der Waals surface area contributed by atoms with Gasteiger partial charge in [-0.1, -0.05) is 6.07 Å². The number of carbonyl (C=O) groups excluding carboxylic acids is 1. The zero-order valence-corrected chi connectivity index (χ0v) is 12.9. The van der Waals surface area contributed by atoms with Crippen molar-refractivity contribution >= 4 is 17.4 Å².